The summed E-state index contributed by atoms with van der Waals surface area (Å²) in [5, 5.41) is 3.36. The van der Waals surface area contributed by atoms with E-state index in [1.165, 1.54) is 38.6 Å². The van der Waals surface area contributed by atoms with E-state index in [4.69, 9.17) is 4.74 Å². The molecule has 1 saturated carbocycles. The highest BCUT2D eigenvalue weighted by Crippen LogP contribution is 2.36. The van der Waals surface area contributed by atoms with Gasteiger partial charge in [-0.05, 0) is 45.1 Å². The zero-order valence-electron chi connectivity index (χ0n) is 13.9. The molecule has 3 unspecified atom stereocenters. The number of likely N-dealkylation sites (tertiary alicyclic amines) is 1. The lowest BCUT2D eigenvalue weighted by molar-refractivity contribution is -0.146. The van der Waals surface area contributed by atoms with Crippen molar-refractivity contribution >= 4 is 5.97 Å². The molecule has 0 spiro atoms. The number of fused-ring (bicyclic) bond motifs is 1. The Balaban J connectivity index is 1.84. The highest BCUT2D eigenvalue weighted by molar-refractivity contribution is 5.75. The monoisotopic (exact) mass is 296 g/mol. The first-order chi connectivity index (χ1) is 10.1. The minimum Gasteiger partial charge on any atom is -0.465 e. The molecule has 3 atom stereocenters. The van der Waals surface area contributed by atoms with E-state index >= 15 is 0 Å². The summed E-state index contributed by atoms with van der Waals surface area (Å²) in [6, 6.07) is 0.925. The van der Waals surface area contributed by atoms with Gasteiger partial charge in [0.25, 0.3) is 0 Å². The van der Waals surface area contributed by atoms with Crippen LogP contribution in [0, 0.1) is 5.92 Å². The van der Waals surface area contributed by atoms with E-state index in [2.05, 4.69) is 24.1 Å². The molecule has 2 aliphatic rings. The second-order valence-electron chi connectivity index (χ2n) is 6.85. The average molecular weight is 296 g/mol. The van der Waals surface area contributed by atoms with Gasteiger partial charge >= 0.3 is 5.97 Å². The normalized spacial score (nSPS) is 27.6. The molecule has 1 saturated heterocycles. The number of rotatable bonds is 7. The van der Waals surface area contributed by atoms with E-state index in [0.717, 1.165) is 24.9 Å². The molecule has 4 nitrogen and oxygen atoms in total. The molecule has 0 aromatic rings. The molecule has 0 aromatic carbocycles. The molecule has 1 aliphatic carbocycles. The number of hydrogen-bond donors (Lipinski definition) is 1. The minimum absolute atomic E-state index is 0.0920. The van der Waals surface area contributed by atoms with Crippen LogP contribution in [0.4, 0.5) is 0 Å². The number of carbonyl (C=O) groups excluding carboxylic acids is 1. The van der Waals surface area contributed by atoms with Crippen molar-refractivity contribution in [1.82, 2.24) is 10.2 Å². The van der Waals surface area contributed by atoms with Crippen molar-refractivity contribution in [2.75, 3.05) is 19.7 Å². The zero-order chi connectivity index (χ0) is 15.2. The van der Waals surface area contributed by atoms with E-state index in [-0.39, 0.29) is 12.0 Å². The Bertz CT molecular complexity index is 333. The molecule has 4 heteroatoms. The molecule has 0 radical (unpaired) electrons. The van der Waals surface area contributed by atoms with Crippen molar-refractivity contribution in [2.45, 2.75) is 77.4 Å². The summed E-state index contributed by atoms with van der Waals surface area (Å²) >= 11 is 0. The fourth-order valence-corrected chi connectivity index (χ4v) is 3.99. The first-order valence-electron chi connectivity index (χ1n) is 8.78. The van der Waals surface area contributed by atoms with Crippen LogP contribution in [0.1, 0.15) is 59.3 Å². The predicted molar refractivity (Wildman–Crippen MR) is 85.2 cm³/mol. The van der Waals surface area contributed by atoms with Crippen LogP contribution in [0.15, 0.2) is 0 Å². The molecule has 2 rings (SSSR count). The van der Waals surface area contributed by atoms with Crippen LogP contribution in [-0.4, -0.2) is 48.7 Å². The van der Waals surface area contributed by atoms with Gasteiger partial charge < -0.3 is 15.0 Å². The standard InChI is InChI=1S/C17H32N2O2/c1-4-21-17(20)15(18-13(2)3)10-12-19-11-9-14-7-5-6-8-16(14)19/h13-16,18H,4-12H2,1-3H3. The summed E-state index contributed by atoms with van der Waals surface area (Å²) in [6.45, 7) is 8.73. The Morgan fingerprint density at radius 2 is 2.05 bits per heavy atom. The highest BCUT2D eigenvalue weighted by atomic mass is 16.5. The van der Waals surface area contributed by atoms with E-state index in [1.54, 1.807) is 0 Å². The third-order valence-corrected chi connectivity index (χ3v) is 4.94. The maximum absolute atomic E-state index is 12.1. The molecule has 0 bridgehead atoms. The minimum atomic E-state index is -0.160. The molecule has 0 aromatic heterocycles. The van der Waals surface area contributed by atoms with Crippen molar-refractivity contribution in [3.8, 4) is 0 Å². The fraction of sp³-hybridized carbons (Fsp3) is 0.941. The lowest BCUT2D eigenvalue weighted by Gasteiger charge is -2.32. The van der Waals surface area contributed by atoms with Gasteiger partial charge in [0, 0.05) is 18.6 Å². The number of carbonyl (C=O) groups is 1. The maximum Gasteiger partial charge on any atom is 0.323 e. The molecule has 1 heterocycles. The number of nitrogens with zero attached hydrogens (tertiary/aromatic N) is 1. The summed E-state index contributed by atoms with van der Waals surface area (Å²) in [5.41, 5.74) is 0. The smallest absolute Gasteiger partial charge is 0.323 e. The maximum atomic E-state index is 12.1. The van der Waals surface area contributed by atoms with Crippen molar-refractivity contribution in [2.24, 2.45) is 5.92 Å². The molecular formula is C17H32N2O2. The first-order valence-corrected chi connectivity index (χ1v) is 8.78. The number of ether oxygens (including phenoxy) is 1. The van der Waals surface area contributed by atoms with Crippen LogP contribution in [0.3, 0.4) is 0 Å². The summed E-state index contributed by atoms with van der Waals surface area (Å²) in [5.74, 6) is 0.823. The molecule has 1 N–H and O–H groups in total. The second-order valence-corrected chi connectivity index (χ2v) is 6.85. The molecular weight excluding hydrogens is 264 g/mol. The van der Waals surface area contributed by atoms with Gasteiger partial charge in [-0.2, -0.15) is 0 Å². The molecule has 21 heavy (non-hydrogen) atoms. The molecule has 1 aliphatic heterocycles. The van der Waals surface area contributed by atoms with E-state index in [0.29, 0.717) is 12.6 Å². The second kappa shape index (κ2) is 8.14. The SMILES string of the molecule is CCOC(=O)C(CCN1CCC2CCCCC21)NC(C)C. The van der Waals surface area contributed by atoms with Gasteiger partial charge in [0.2, 0.25) is 0 Å². The summed E-state index contributed by atoms with van der Waals surface area (Å²) in [4.78, 5) is 14.7. The molecule has 2 fully saturated rings. The third kappa shape index (κ3) is 4.68. The lowest BCUT2D eigenvalue weighted by Crippen LogP contribution is -2.45. The van der Waals surface area contributed by atoms with Crippen LogP contribution in [-0.2, 0) is 9.53 Å². The third-order valence-electron chi connectivity index (χ3n) is 4.94. The van der Waals surface area contributed by atoms with Crippen molar-refractivity contribution in [3.63, 3.8) is 0 Å². The Morgan fingerprint density at radius 1 is 1.29 bits per heavy atom. The molecule has 122 valence electrons. The van der Waals surface area contributed by atoms with E-state index in [9.17, 15) is 4.79 Å². The van der Waals surface area contributed by atoms with Gasteiger partial charge in [-0.25, -0.2) is 0 Å². The zero-order valence-corrected chi connectivity index (χ0v) is 13.9. The van der Waals surface area contributed by atoms with Crippen molar-refractivity contribution in [3.05, 3.63) is 0 Å². The van der Waals surface area contributed by atoms with Crippen LogP contribution >= 0.6 is 0 Å². The van der Waals surface area contributed by atoms with Crippen LogP contribution in [0.5, 0.6) is 0 Å². The van der Waals surface area contributed by atoms with Gasteiger partial charge in [-0.15, -0.1) is 0 Å². The lowest BCUT2D eigenvalue weighted by atomic mass is 9.85. The number of esters is 1. The Kier molecular flexibility index (Phi) is 6.49. The predicted octanol–water partition coefficient (Wildman–Crippen LogP) is 2.57. The fourth-order valence-electron chi connectivity index (χ4n) is 3.99. The van der Waals surface area contributed by atoms with Crippen LogP contribution < -0.4 is 5.32 Å². The van der Waals surface area contributed by atoms with E-state index < -0.39 is 0 Å². The average Bonchev–Trinajstić information content (AvgIpc) is 2.86. The topological polar surface area (TPSA) is 41.6 Å². The molecule has 0 amide bonds. The van der Waals surface area contributed by atoms with Gasteiger partial charge in [-0.3, -0.25) is 4.79 Å². The largest absolute Gasteiger partial charge is 0.465 e. The van der Waals surface area contributed by atoms with Crippen molar-refractivity contribution in [1.29, 1.82) is 0 Å². The van der Waals surface area contributed by atoms with Gasteiger partial charge in [0.15, 0.2) is 0 Å². The highest BCUT2D eigenvalue weighted by Gasteiger charge is 2.35. The summed E-state index contributed by atoms with van der Waals surface area (Å²) in [6.07, 6.45) is 7.77. The van der Waals surface area contributed by atoms with Gasteiger partial charge in [-0.1, -0.05) is 26.7 Å². The number of hydrogen-bond acceptors (Lipinski definition) is 4. The quantitative estimate of drug-likeness (QED) is 0.733. The number of nitrogens with one attached hydrogen (secondary N) is 1. The summed E-state index contributed by atoms with van der Waals surface area (Å²) < 4.78 is 5.21. The Labute approximate surface area is 129 Å². The Hall–Kier alpha value is -0.610. The summed E-state index contributed by atoms with van der Waals surface area (Å²) in [7, 11) is 0. The van der Waals surface area contributed by atoms with Gasteiger partial charge in [0.1, 0.15) is 6.04 Å². The van der Waals surface area contributed by atoms with E-state index in [1.807, 2.05) is 6.92 Å². The van der Waals surface area contributed by atoms with Crippen molar-refractivity contribution < 1.29 is 9.53 Å². The van der Waals surface area contributed by atoms with Crippen LogP contribution in [0.25, 0.3) is 0 Å². The Morgan fingerprint density at radius 3 is 2.76 bits per heavy atom. The first kappa shape index (κ1) is 16.8. The van der Waals surface area contributed by atoms with Gasteiger partial charge in [0.05, 0.1) is 6.61 Å². The van der Waals surface area contributed by atoms with Crippen LogP contribution in [0.2, 0.25) is 0 Å².